The molecule has 0 radical (unpaired) electrons. The van der Waals surface area contributed by atoms with Crippen LogP contribution in [0.1, 0.15) is 11.5 Å². The highest BCUT2D eigenvalue weighted by Gasteiger charge is 2.29. The number of rotatable bonds is 2. The first-order valence-electron chi connectivity index (χ1n) is 4.84. The first-order chi connectivity index (χ1) is 6.83. The Balaban J connectivity index is 2.26. The van der Waals surface area contributed by atoms with Crippen LogP contribution in [0.25, 0.3) is 0 Å². The number of nitrogens with one attached hydrogen (secondary N) is 1. The minimum Gasteiger partial charge on any atom is -0.316 e. The topological polar surface area (TPSA) is 12.0 Å². The van der Waals surface area contributed by atoms with E-state index < -0.39 is 0 Å². The van der Waals surface area contributed by atoms with Crippen LogP contribution in [0, 0.1) is 11.7 Å². The summed E-state index contributed by atoms with van der Waals surface area (Å²) in [6.45, 7) is 0.941. The fraction of sp³-hybridized carbons (Fsp3) is 0.455. The average molecular weight is 197 g/mol. The highest BCUT2D eigenvalue weighted by Crippen LogP contribution is 2.29. The van der Waals surface area contributed by atoms with Crippen LogP contribution in [-0.4, -0.2) is 19.8 Å². The van der Waals surface area contributed by atoms with Crippen LogP contribution < -0.4 is 5.32 Å². The molecule has 0 spiro atoms. The Bertz CT molecular complexity index is 314. The summed E-state index contributed by atoms with van der Waals surface area (Å²) in [5.41, 5.74) is 0.639. The van der Waals surface area contributed by atoms with Crippen molar-refractivity contribution >= 4 is 0 Å². The van der Waals surface area contributed by atoms with Crippen molar-refractivity contribution in [2.24, 2.45) is 5.92 Å². The van der Waals surface area contributed by atoms with Crippen LogP contribution in [0.15, 0.2) is 24.3 Å². The molecule has 0 saturated carbocycles. The Labute approximate surface area is 82.1 Å². The van der Waals surface area contributed by atoms with Gasteiger partial charge in [-0.25, -0.2) is 4.39 Å². The highest BCUT2D eigenvalue weighted by molar-refractivity contribution is 5.24. The van der Waals surface area contributed by atoms with Gasteiger partial charge in [-0.2, -0.15) is 0 Å². The van der Waals surface area contributed by atoms with Gasteiger partial charge in [-0.3, -0.25) is 4.39 Å². The van der Waals surface area contributed by atoms with Crippen molar-refractivity contribution in [3.8, 4) is 0 Å². The van der Waals surface area contributed by atoms with Crippen molar-refractivity contribution in [3.63, 3.8) is 0 Å². The van der Waals surface area contributed by atoms with Gasteiger partial charge in [-0.05, 0) is 11.6 Å². The molecule has 1 saturated heterocycles. The summed E-state index contributed by atoms with van der Waals surface area (Å²) >= 11 is 0. The predicted octanol–water partition coefficient (Wildman–Crippen LogP) is 2.10. The van der Waals surface area contributed by atoms with Gasteiger partial charge in [0.05, 0.1) is 6.67 Å². The maximum Gasteiger partial charge on any atom is 0.126 e. The second kappa shape index (κ2) is 4.05. The Morgan fingerprint density at radius 1 is 1.29 bits per heavy atom. The lowest BCUT2D eigenvalue weighted by Gasteiger charge is -2.16. The fourth-order valence-corrected chi connectivity index (χ4v) is 2.03. The molecule has 1 aliphatic heterocycles. The molecule has 14 heavy (non-hydrogen) atoms. The Morgan fingerprint density at radius 2 is 2.07 bits per heavy atom. The summed E-state index contributed by atoms with van der Waals surface area (Å²) in [6.07, 6.45) is 0. The van der Waals surface area contributed by atoms with Gasteiger partial charge >= 0.3 is 0 Å². The van der Waals surface area contributed by atoms with Crippen molar-refractivity contribution in [1.82, 2.24) is 5.32 Å². The van der Waals surface area contributed by atoms with E-state index in [9.17, 15) is 8.78 Å². The summed E-state index contributed by atoms with van der Waals surface area (Å²) in [5, 5.41) is 3.09. The van der Waals surface area contributed by atoms with Gasteiger partial charge in [-0.15, -0.1) is 0 Å². The van der Waals surface area contributed by atoms with Crippen LogP contribution in [0.2, 0.25) is 0 Å². The van der Waals surface area contributed by atoms with Gasteiger partial charge in [0.1, 0.15) is 5.82 Å². The Kier molecular flexibility index (Phi) is 2.77. The zero-order chi connectivity index (χ0) is 9.97. The first kappa shape index (κ1) is 9.59. The summed E-state index contributed by atoms with van der Waals surface area (Å²) in [7, 11) is 0. The van der Waals surface area contributed by atoms with Gasteiger partial charge in [0.2, 0.25) is 0 Å². The highest BCUT2D eigenvalue weighted by atomic mass is 19.1. The molecule has 0 amide bonds. The van der Waals surface area contributed by atoms with Crippen molar-refractivity contribution in [3.05, 3.63) is 35.6 Å². The Hall–Kier alpha value is -0.960. The molecule has 76 valence electrons. The van der Waals surface area contributed by atoms with E-state index in [2.05, 4.69) is 5.32 Å². The summed E-state index contributed by atoms with van der Waals surface area (Å²) < 4.78 is 26.0. The molecule has 1 aliphatic rings. The number of alkyl halides is 1. The standard InChI is InChI=1S/C11H13F2N/c12-5-8-6-14-7-10(8)9-3-1-2-4-11(9)13/h1-4,8,10,14H,5-7H2/t8-,10+/m0/s1. The average Bonchev–Trinajstić information content (AvgIpc) is 2.66. The van der Waals surface area contributed by atoms with E-state index in [-0.39, 0.29) is 24.3 Å². The second-order valence-electron chi connectivity index (χ2n) is 3.70. The second-order valence-corrected chi connectivity index (χ2v) is 3.70. The molecule has 0 aliphatic carbocycles. The summed E-state index contributed by atoms with van der Waals surface area (Å²) in [4.78, 5) is 0. The van der Waals surface area contributed by atoms with Crippen LogP contribution in [0.3, 0.4) is 0 Å². The maximum atomic E-state index is 13.4. The molecular formula is C11H13F2N. The number of halogens is 2. The number of hydrogen-bond acceptors (Lipinski definition) is 1. The molecule has 2 rings (SSSR count). The van der Waals surface area contributed by atoms with Gasteiger partial charge in [-0.1, -0.05) is 18.2 Å². The van der Waals surface area contributed by atoms with E-state index >= 15 is 0 Å². The number of hydrogen-bond donors (Lipinski definition) is 1. The summed E-state index contributed by atoms with van der Waals surface area (Å²) in [6, 6.07) is 6.64. The van der Waals surface area contributed by atoms with Crippen LogP contribution >= 0.6 is 0 Å². The molecule has 1 fully saturated rings. The van der Waals surface area contributed by atoms with Gasteiger partial charge in [0.15, 0.2) is 0 Å². The third-order valence-electron chi connectivity index (χ3n) is 2.84. The normalized spacial score (nSPS) is 26.7. The molecule has 2 atom stereocenters. The van der Waals surface area contributed by atoms with Crippen molar-refractivity contribution in [2.45, 2.75) is 5.92 Å². The SMILES string of the molecule is FC[C@H]1CNC[C@H]1c1ccccc1F. The molecule has 1 nitrogen and oxygen atoms in total. The van der Waals surface area contributed by atoms with Crippen LogP contribution in [-0.2, 0) is 0 Å². The monoisotopic (exact) mass is 197 g/mol. The van der Waals surface area contributed by atoms with Crippen molar-refractivity contribution in [2.75, 3.05) is 19.8 Å². The van der Waals surface area contributed by atoms with Crippen molar-refractivity contribution in [1.29, 1.82) is 0 Å². The quantitative estimate of drug-likeness (QED) is 0.765. The van der Waals surface area contributed by atoms with Gasteiger partial charge in [0, 0.05) is 24.9 Å². The van der Waals surface area contributed by atoms with Gasteiger partial charge in [0.25, 0.3) is 0 Å². The Morgan fingerprint density at radius 3 is 2.79 bits per heavy atom. The van der Waals surface area contributed by atoms with E-state index in [4.69, 9.17) is 0 Å². The molecular weight excluding hydrogens is 184 g/mol. The lowest BCUT2D eigenvalue weighted by molar-refractivity contribution is 0.354. The molecule has 1 aromatic rings. The third kappa shape index (κ3) is 1.64. The van der Waals surface area contributed by atoms with Crippen LogP contribution in [0.5, 0.6) is 0 Å². The van der Waals surface area contributed by atoms with E-state index in [0.29, 0.717) is 18.7 Å². The predicted molar refractivity (Wildman–Crippen MR) is 51.5 cm³/mol. The molecule has 1 N–H and O–H groups in total. The van der Waals surface area contributed by atoms with E-state index in [1.165, 1.54) is 6.07 Å². The maximum absolute atomic E-state index is 13.4. The molecule has 0 bridgehead atoms. The number of benzene rings is 1. The van der Waals surface area contributed by atoms with E-state index in [0.717, 1.165) is 0 Å². The van der Waals surface area contributed by atoms with Crippen molar-refractivity contribution < 1.29 is 8.78 Å². The minimum absolute atomic E-state index is 0.0128. The third-order valence-corrected chi connectivity index (χ3v) is 2.84. The molecule has 3 heteroatoms. The minimum atomic E-state index is -0.383. The molecule has 1 aromatic carbocycles. The summed E-state index contributed by atoms with van der Waals surface area (Å²) in [5.74, 6) is -0.312. The van der Waals surface area contributed by atoms with Crippen LogP contribution in [0.4, 0.5) is 8.78 Å². The van der Waals surface area contributed by atoms with Gasteiger partial charge < -0.3 is 5.32 Å². The smallest absolute Gasteiger partial charge is 0.126 e. The largest absolute Gasteiger partial charge is 0.316 e. The zero-order valence-electron chi connectivity index (χ0n) is 7.84. The lowest BCUT2D eigenvalue weighted by atomic mass is 9.89. The lowest BCUT2D eigenvalue weighted by Crippen LogP contribution is -2.13. The molecule has 0 unspecified atom stereocenters. The zero-order valence-corrected chi connectivity index (χ0v) is 7.84. The first-order valence-corrected chi connectivity index (χ1v) is 4.84. The molecule has 0 aromatic heterocycles. The molecule has 1 heterocycles. The fourth-order valence-electron chi connectivity index (χ4n) is 2.03. The van der Waals surface area contributed by atoms with E-state index in [1.807, 2.05) is 0 Å². The van der Waals surface area contributed by atoms with E-state index in [1.54, 1.807) is 18.2 Å².